The van der Waals surface area contributed by atoms with E-state index in [1.807, 2.05) is 6.07 Å². The number of nitrogens with zero attached hydrogens (tertiary/aromatic N) is 4. The van der Waals surface area contributed by atoms with Gasteiger partial charge in [-0.1, -0.05) is 11.3 Å². The van der Waals surface area contributed by atoms with Crippen molar-refractivity contribution in [3.8, 4) is 40.1 Å². The normalized spacial score (nSPS) is 10.7. The Morgan fingerprint density at radius 2 is 1.52 bits per heavy atom. The molecule has 1 amide bonds. The highest BCUT2D eigenvalue weighted by atomic mass is 32.1. The molecule has 0 bridgehead atoms. The zero-order valence-electron chi connectivity index (χ0n) is 18.5. The summed E-state index contributed by atoms with van der Waals surface area (Å²) in [6.07, 6.45) is 0. The monoisotopic (exact) mass is 471 g/mol. The molecule has 0 saturated heterocycles. The van der Waals surface area contributed by atoms with Crippen molar-refractivity contribution in [3.63, 3.8) is 0 Å². The first-order valence-corrected chi connectivity index (χ1v) is 10.4. The van der Waals surface area contributed by atoms with E-state index in [0.717, 1.165) is 5.56 Å². The second kappa shape index (κ2) is 9.20. The lowest BCUT2D eigenvalue weighted by Gasteiger charge is -2.13. The molecule has 0 spiro atoms. The van der Waals surface area contributed by atoms with E-state index >= 15 is 0 Å². The van der Waals surface area contributed by atoms with Crippen LogP contribution in [0.4, 0.5) is 5.13 Å². The van der Waals surface area contributed by atoms with E-state index in [0.29, 0.717) is 50.2 Å². The van der Waals surface area contributed by atoms with Crippen molar-refractivity contribution >= 4 is 27.3 Å². The fourth-order valence-electron chi connectivity index (χ4n) is 3.20. The van der Waals surface area contributed by atoms with Crippen LogP contribution in [-0.2, 0) is 0 Å². The quantitative estimate of drug-likeness (QED) is 0.413. The molecule has 0 aliphatic heterocycles. The van der Waals surface area contributed by atoms with Crippen LogP contribution >= 0.6 is 11.3 Å². The average molecular weight is 471 g/mol. The van der Waals surface area contributed by atoms with Crippen LogP contribution in [0.25, 0.3) is 16.3 Å². The fourth-order valence-corrected chi connectivity index (χ4v) is 3.94. The summed E-state index contributed by atoms with van der Waals surface area (Å²) in [6.45, 7) is 0. The number of amides is 1. The summed E-state index contributed by atoms with van der Waals surface area (Å²) in [7, 11) is 7.58. The van der Waals surface area contributed by atoms with Crippen molar-refractivity contribution in [3.05, 3.63) is 35.9 Å². The van der Waals surface area contributed by atoms with Gasteiger partial charge in [0.25, 0.3) is 5.91 Å². The van der Waals surface area contributed by atoms with Gasteiger partial charge in [-0.15, -0.1) is 15.3 Å². The van der Waals surface area contributed by atoms with Gasteiger partial charge in [0.1, 0.15) is 0 Å². The average Bonchev–Trinajstić information content (AvgIpc) is 3.42. The number of hydrogen-bond donors (Lipinski definition) is 1. The van der Waals surface area contributed by atoms with Crippen LogP contribution in [0.3, 0.4) is 0 Å². The number of carbonyl (C=O) groups is 1. The third-order valence-corrected chi connectivity index (χ3v) is 5.59. The molecule has 4 rings (SSSR count). The Morgan fingerprint density at radius 3 is 2.12 bits per heavy atom. The number of aromatic nitrogens is 4. The van der Waals surface area contributed by atoms with E-state index in [1.54, 1.807) is 43.0 Å². The summed E-state index contributed by atoms with van der Waals surface area (Å²) in [5, 5.41) is 15.9. The zero-order chi connectivity index (χ0) is 23.5. The minimum absolute atomic E-state index is 0.315. The third-order valence-electron chi connectivity index (χ3n) is 4.78. The second-order valence-corrected chi connectivity index (χ2v) is 7.52. The number of methoxy groups -OCH3 is 5. The van der Waals surface area contributed by atoms with Crippen LogP contribution in [0.15, 0.2) is 30.3 Å². The molecule has 0 radical (unpaired) electrons. The van der Waals surface area contributed by atoms with Crippen molar-refractivity contribution in [2.75, 3.05) is 40.9 Å². The van der Waals surface area contributed by atoms with Crippen molar-refractivity contribution in [1.82, 2.24) is 19.8 Å². The molecule has 1 N–H and O–H groups in total. The second-order valence-electron chi connectivity index (χ2n) is 6.56. The smallest absolute Gasteiger partial charge is 0.257 e. The van der Waals surface area contributed by atoms with Gasteiger partial charge in [0, 0.05) is 11.1 Å². The highest BCUT2D eigenvalue weighted by Crippen LogP contribution is 2.38. The molecule has 0 aliphatic rings. The zero-order valence-corrected chi connectivity index (χ0v) is 19.3. The third kappa shape index (κ3) is 4.07. The lowest BCUT2D eigenvalue weighted by Crippen LogP contribution is -2.13. The number of nitrogens with one attached hydrogen (secondary N) is 1. The maximum absolute atomic E-state index is 12.9. The summed E-state index contributed by atoms with van der Waals surface area (Å²) in [6, 6.07) is 8.50. The van der Waals surface area contributed by atoms with Crippen LogP contribution in [0.2, 0.25) is 0 Å². The summed E-state index contributed by atoms with van der Waals surface area (Å²) in [4.78, 5) is 13.4. The Labute approximate surface area is 192 Å². The minimum atomic E-state index is -0.396. The van der Waals surface area contributed by atoms with Crippen molar-refractivity contribution < 1.29 is 28.5 Å². The molecule has 0 fully saturated rings. The van der Waals surface area contributed by atoms with Crippen LogP contribution in [0.1, 0.15) is 10.4 Å². The van der Waals surface area contributed by atoms with Gasteiger partial charge < -0.3 is 23.7 Å². The fraction of sp³-hybridized carbons (Fsp3) is 0.238. The van der Waals surface area contributed by atoms with Crippen molar-refractivity contribution in [1.29, 1.82) is 0 Å². The van der Waals surface area contributed by atoms with Gasteiger partial charge in [-0.05, 0) is 30.3 Å². The number of hydrogen-bond acceptors (Lipinski definition) is 10. The van der Waals surface area contributed by atoms with Gasteiger partial charge in [0.15, 0.2) is 28.8 Å². The molecule has 0 aliphatic carbocycles. The van der Waals surface area contributed by atoms with Gasteiger partial charge in [0.2, 0.25) is 15.8 Å². The van der Waals surface area contributed by atoms with E-state index < -0.39 is 5.91 Å². The molecule has 0 saturated carbocycles. The highest BCUT2D eigenvalue weighted by molar-refractivity contribution is 7.20. The Morgan fingerprint density at radius 1 is 0.848 bits per heavy atom. The van der Waals surface area contributed by atoms with E-state index in [-0.39, 0.29) is 0 Å². The first-order chi connectivity index (χ1) is 16.0. The van der Waals surface area contributed by atoms with Crippen LogP contribution in [0, 0.1) is 0 Å². The number of rotatable bonds is 8. The van der Waals surface area contributed by atoms with E-state index in [1.165, 1.54) is 32.7 Å². The molecule has 12 heteroatoms. The SMILES string of the molecule is COc1ccc(-c2nnc3sc(NC(=O)c4cc(OC)c(OC)c(OC)c4)nn23)cc1OC. The topological polar surface area (TPSA) is 118 Å². The maximum atomic E-state index is 12.9. The predicted molar refractivity (Wildman–Crippen MR) is 121 cm³/mol. The lowest BCUT2D eigenvalue weighted by atomic mass is 10.1. The molecule has 2 heterocycles. The Balaban J connectivity index is 1.64. The standard InChI is InChI=1S/C21H21N5O6S/c1-28-13-7-6-11(8-14(13)29-2)18-23-24-21-26(18)25-20(33-21)22-19(27)12-9-15(30-3)17(32-5)16(10-12)31-4/h6-10H,1-5H3,(H,22,25,27). The number of ether oxygens (including phenoxy) is 5. The van der Waals surface area contributed by atoms with E-state index in [2.05, 4.69) is 20.6 Å². The molecule has 33 heavy (non-hydrogen) atoms. The molecule has 0 atom stereocenters. The molecular weight excluding hydrogens is 450 g/mol. The van der Waals surface area contributed by atoms with Crippen LogP contribution in [0.5, 0.6) is 28.7 Å². The lowest BCUT2D eigenvalue weighted by molar-refractivity contribution is 0.102. The van der Waals surface area contributed by atoms with Gasteiger partial charge in [0.05, 0.1) is 35.5 Å². The van der Waals surface area contributed by atoms with Gasteiger partial charge in [-0.3, -0.25) is 10.1 Å². The first-order valence-electron chi connectivity index (χ1n) is 9.59. The molecular formula is C21H21N5O6S. The summed E-state index contributed by atoms with van der Waals surface area (Å²) in [5.41, 5.74) is 1.04. The number of carbonyl (C=O) groups excluding carboxylic acids is 1. The Hall–Kier alpha value is -4.06. The minimum Gasteiger partial charge on any atom is -0.493 e. The van der Waals surface area contributed by atoms with Crippen molar-refractivity contribution in [2.24, 2.45) is 0 Å². The number of benzene rings is 2. The van der Waals surface area contributed by atoms with Crippen LogP contribution in [-0.4, -0.2) is 61.3 Å². The number of anilines is 1. The summed E-state index contributed by atoms with van der Waals surface area (Å²) >= 11 is 1.18. The predicted octanol–water partition coefficient (Wildman–Crippen LogP) is 3.15. The summed E-state index contributed by atoms with van der Waals surface area (Å²) < 4.78 is 28.1. The van der Waals surface area contributed by atoms with Crippen molar-refractivity contribution in [2.45, 2.75) is 0 Å². The van der Waals surface area contributed by atoms with Crippen LogP contribution < -0.4 is 29.0 Å². The molecule has 2 aromatic carbocycles. The summed E-state index contributed by atoms with van der Waals surface area (Å²) in [5.74, 6) is 2.39. The Kier molecular flexibility index (Phi) is 6.18. The van der Waals surface area contributed by atoms with E-state index in [9.17, 15) is 4.79 Å². The van der Waals surface area contributed by atoms with Gasteiger partial charge >= 0.3 is 0 Å². The molecule has 11 nitrogen and oxygen atoms in total. The largest absolute Gasteiger partial charge is 0.493 e. The van der Waals surface area contributed by atoms with Gasteiger partial charge in [-0.25, -0.2) is 0 Å². The first kappa shape index (κ1) is 22.1. The van der Waals surface area contributed by atoms with Gasteiger partial charge in [-0.2, -0.15) is 4.52 Å². The molecule has 4 aromatic rings. The maximum Gasteiger partial charge on any atom is 0.257 e. The molecule has 0 unspecified atom stereocenters. The highest BCUT2D eigenvalue weighted by Gasteiger charge is 2.20. The number of fused-ring (bicyclic) bond motifs is 1. The molecule has 2 aromatic heterocycles. The van der Waals surface area contributed by atoms with E-state index in [4.69, 9.17) is 23.7 Å². The Bertz CT molecular complexity index is 1290. The molecule has 172 valence electrons.